The van der Waals surface area contributed by atoms with Crippen LogP contribution in [0.4, 0.5) is 24.0 Å². The second-order valence-corrected chi connectivity index (χ2v) is 5.46. The third-order valence-corrected chi connectivity index (χ3v) is 4.00. The third kappa shape index (κ3) is 2.97. The van der Waals surface area contributed by atoms with Gasteiger partial charge in [0.15, 0.2) is 5.13 Å². The van der Waals surface area contributed by atoms with E-state index in [-0.39, 0.29) is 16.3 Å². The maximum absolute atomic E-state index is 13.3. The van der Waals surface area contributed by atoms with Crippen LogP contribution in [0.2, 0.25) is 0 Å². The minimum absolute atomic E-state index is 0.105. The van der Waals surface area contributed by atoms with Crippen LogP contribution in [0.3, 0.4) is 0 Å². The number of carbonyl (C=O) groups is 1. The number of fused-ring (bicyclic) bond motifs is 1. The number of alkyl halides is 3. The lowest BCUT2D eigenvalue weighted by Crippen LogP contribution is -2.60. The lowest BCUT2D eigenvalue weighted by Gasteiger charge is -2.31. The summed E-state index contributed by atoms with van der Waals surface area (Å²) >= 11 is 0.771. The van der Waals surface area contributed by atoms with E-state index in [1.54, 1.807) is 0 Å². The molecule has 2 aromatic rings. The Kier molecular flexibility index (Phi) is 4.62. The first-order valence-corrected chi connectivity index (χ1v) is 6.99. The molecule has 2 rings (SSSR count). The fourth-order valence-corrected chi connectivity index (χ4v) is 2.76. The number of aromatic nitrogens is 1. The molecule has 0 aliphatic rings. The van der Waals surface area contributed by atoms with Crippen molar-refractivity contribution in [3.05, 3.63) is 28.3 Å². The number of halogens is 3. The van der Waals surface area contributed by atoms with E-state index in [0.29, 0.717) is 11.8 Å². The summed E-state index contributed by atoms with van der Waals surface area (Å²) in [7, 11) is 1.47. The average molecular weight is 365 g/mol. The Morgan fingerprint density at radius 2 is 2.04 bits per heavy atom. The van der Waals surface area contributed by atoms with Gasteiger partial charge >= 0.3 is 17.9 Å². The van der Waals surface area contributed by atoms with Gasteiger partial charge in [0.2, 0.25) is 0 Å². The van der Waals surface area contributed by atoms with Crippen LogP contribution in [0.5, 0.6) is 0 Å². The van der Waals surface area contributed by atoms with Gasteiger partial charge in [-0.1, -0.05) is 11.3 Å². The molecule has 0 saturated carbocycles. The van der Waals surface area contributed by atoms with Gasteiger partial charge in [-0.15, -0.1) is 0 Å². The van der Waals surface area contributed by atoms with Gasteiger partial charge < -0.3 is 14.8 Å². The predicted molar refractivity (Wildman–Crippen MR) is 77.7 cm³/mol. The molecule has 1 aromatic heterocycles. The number of nitrogens with zero attached hydrogens (tertiary/aromatic N) is 2. The van der Waals surface area contributed by atoms with Crippen molar-refractivity contribution in [2.45, 2.75) is 11.9 Å². The average Bonchev–Trinajstić information content (AvgIpc) is 2.91. The molecule has 0 aliphatic carbocycles. The minimum atomic E-state index is -5.14. The first-order valence-electron chi connectivity index (χ1n) is 6.18. The summed E-state index contributed by atoms with van der Waals surface area (Å²) in [5.74, 6) is -1.71. The van der Waals surface area contributed by atoms with Gasteiger partial charge in [0.1, 0.15) is 0 Å². The van der Waals surface area contributed by atoms with Crippen LogP contribution < -0.4 is 5.32 Å². The standard InChI is InChI=1S/C12H10F3N3O5S/c1-22-9(19)11(23-2,12(13,14)15)17-10-16-7-5-6(18(20)21)3-4-8(7)24-10/h3-5H,1-2H3,(H,16,17)/t11-/m0/s1. The van der Waals surface area contributed by atoms with Crippen LogP contribution in [-0.4, -0.2) is 42.0 Å². The van der Waals surface area contributed by atoms with E-state index in [9.17, 15) is 28.1 Å². The van der Waals surface area contributed by atoms with Gasteiger partial charge in [0.25, 0.3) is 5.69 Å². The van der Waals surface area contributed by atoms with Crippen molar-refractivity contribution in [1.29, 1.82) is 0 Å². The van der Waals surface area contributed by atoms with E-state index < -0.39 is 22.8 Å². The van der Waals surface area contributed by atoms with Gasteiger partial charge in [-0.25, -0.2) is 9.78 Å². The fraction of sp³-hybridized carbons (Fsp3) is 0.333. The Labute approximate surface area is 136 Å². The predicted octanol–water partition coefficient (Wildman–Crippen LogP) is 2.69. The number of hydrogen-bond donors (Lipinski definition) is 1. The van der Waals surface area contributed by atoms with Gasteiger partial charge in [-0.05, 0) is 6.07 Å². The second kappa shape index (κ2) is 6.20. The number of carbonyl (C=O) groups excluding carboxylic acids is 1. The summed E-state index contributed by atoms with van der Waals surface area (Å²) in [5, 5.41) is 12.3. The van der Waals surface area contributed by atoms with Crippen molar-refractivity contribution in [1.82, 2.24) is 4.98 Å². The molecule has 0 spiro atoms. The molecule has 8 nitrogen and oxygen atoms in total. The zero-order valence-corrected chi connectivity index (χ0v) is 13.0. The van der Waals surface area contributed by atoms with E-state index in [1.807, 2.05) is 5.32 Å². The molecule has 24 heavy (non-hydrogen) atoms. The maximum Gasteiger partial charge on any atom is 0.448 e. The summed E-state index contributed by atoms with van der Waals surface area (Å²) in [6.07, 6.45) is -5.14. The van der Waals surface area contributed by atoms with Crippen LogP contribution in [0.25, 0.3) is 10.2 Å². The highest BCUT2D eigenvalue weighted by Crippen LogP contribution is 2.38. The number of methoxy groups -OCH3 is 2. The second-order valence-electron chi connectivity index (χ2n) is 4.43. The zero-order valence-electron chi connectivity index (χ0n) is 12.2. The minimum Gasteiger partial charge on any atom is -0.465 e. The Hall–Kier alpha value is -2.47. The van der Waals surface area contributed by atoms with Crippen LogP contribution in [0.15, 0.2) is 18.2 Å². The number of hydrogen-bond acceptors (Lipinski definition) is 8. The normalized spacial score (nSPS) is 14.2. The molecule has 0 saturated heterocycles. The summed E-state index contributed by atoms with van der Waals surface area (Å²) < 4.78 is 48.9. The van der Waals surface area contributed by atoms with E-state index in [4.69, 9.17) is 0 Å². The van der Waals surface area contributed by atoms with Crippen LogP contribution in [-0.2, 0) is 14.3 Å². The highest BCUT2D eigenvalue weighted by atomic mass is 32.1. The Bertz CT molecular complexity index is 794. The van der Waals surface area contributed by atoms with E-state index in [1.165, 1.54) is 12.1 Å². The molecule has 1 heterocycles. The summed E-state index contributed by atoms with van der Waals surface area (Å²) in [4.78, 5) is 25.5. The number of nitro benzene ring substituents is 1. The Morgan fingerprint density at radius 1 is 1.38 bits per heavy atom. The first-order chi connectivity index (χ1) is 11.1. The molecule has 0 radical (unpaired) electrons. The SMILES string of the molecule is COC(=O)[C@](Nc1nc2cc([N+](=O)[O-])ccc2s1)(OC)C(F)(F)F. The summed E-state index contributed by atoms with van der Waals surface area (Å²) in [6.45, 7) is 0. The maximum atomic E-state index is 13.3. The summed E-state index contributed by atoms with van der Waals surface area (Å²) in [5.41, 5.74) is -3.60. The number of benzene rings is 1. The highest BCUT2D eigenvalue weighted by molar-refractivity contribution is 7.22. The van der Waals surface area contributed by atoms with Gasteiger partial charge in [-0.2, -0.15) is 13.2 Å². The molecule has 130 valence electrons. The first kappa shape index (κ1) is 17.9. The number of nitro groups is 1. The molecule has 0 aliphatic heterocycles. The Balaban J connectivity index is 2.48. The quantitative estimate of drug-likeness (QED) is 0.376. The van der Waals surface area contributed by atoms with Crippen molar-refractivity contribution in [2.24, 2.45) is 0 Å². The van der Waals surface area contributed by atoms with Crippen molar-refractivity contribution in [3.63, 3.8) is 0 Å². The van der Waals surface area contributed by atoms with Crippen molar-refractivity contribution >= 4 is 38.3 Å². The van der Waals surface area contributed by atoms with E-state index >= 15 is 0 Å². The van der Waals surface area contributed by atoms with Crippen molar-refractivity contribution in [2.75, 3.05) is 19.5 Å². The summed E-state index contributed by atoms with van der Waals surface area (Å²) in [6, 6.07) is 3.64. The van der Waals surface area contributed by atoms with Crippen LogP contribution in [0, 0.1) is 10.1 Å². The van der Waals surface area contributed by atoms with Crippen LogP contribution in [0.1, 0.15) is 0 Å². The topological polar surface area (TPSA) is 104 Å². The molecule has 12 heteroatoms. The van der Waals surface area contributed by atoms with E-state index in [2.05, 4.69) is 14.5 Å². The number of nitrogens with one attached hydrogen (secondary N) is 1. The molecule has 0 unspecified atom stereocenters. The fourth-order valence-electron chi connectivity index (χ4n) is 1.86. The Morgan fingerprint density at radius 3 is 2.54 bits per heavy atom. The number of anilines is 1. The molecule has 0 fully saturated rings. The number of esters is 1. The third-order valence-electron chi connectivity index (χ3n) is 3.04. The van der Waals surface area contributed by atoms with Crippen molar-refractivity contribution in [3.8, 4) is 0 Å². The molecular formula is C12H10F3N3O5S. The smallest absolute Gasteiger partial charge is 0.448 e. The van der Waals surface area contributed by atoms with E-state index in [0.717, 1.165) is 24.5 Å². The lowest BCUT2D eigenvalue weighted by atomic mass is 10.2. The van der Waals surface area contributed by atoms with Crippen LogP contribution >= 0.6 is 11.3 Å². The number of ether oxygens (including phenoxy) is 2. The van der Waals surface area contributed by atoms with Gasteiger partial charge in [-0.3, -0.25) is 10.1 Å². The molecule has 1 atom stereocenters. The number of non-ortho nitro benzene ring substituents is 1. The highest BCUT2D eigenvalue weighted by Gasteiger charge is 2.63. The number of thiazole rings is 1. The largest absolute Gasteiger partial charge is 0.465 e. The molecule has 0 amide bonds. The number of rotatable bonds is 5. The monoisotopic (exact) mass is 365 g/mol. The van der Waals surface area contributed by atoms with Gasteiger partial charge in [0.05, 0.1) is 22.2 Å². The molecule has 1 aromatic carbocycles. The lowest BCUT2D eigenvalue weighted by molar-refractivity contribution is -0.384. The van der Waals surface area contributed by atoms with Crippen molar-refractivity contribution < 1.29 is 32.4 Å². The molecular weight excluding hydrogens is 355 g/mol. The molecule has 0 bridgehead atoms. The molecule has 1 N–H and O–H groups in total. The zero-order chi connectivity index (χ0) is 18.1. The van der Waals surface area contributed by atoms with Gasteiger partial charge in [0, 0.05) is 19.2 Å².